The van der Waals surface area contributed by atoms with Crippen molar-refractivity contribution < 1.29 is 9.53 Å². The third-order valence-corrected chi connectivity index (χ3v) is 1.70. The van der Waals surface area contributed by atoms with E-state index >= 15 is 0 Å². The van der Waals surface area contributed by atoms with Crippen molar-refractivity contribution >= 4 is 5.97 Å². The van der Waals surface area contributed by atoms with Gasteiger partial charge >= 0.3 is 5.97 Å². The Morgan fingerprint density at radius 1 is 1.29 bits per heavy atom. The van der Waals surface area contributed by atoms with Crippen LogP contribution in [0.1, 0.15) is 6.92 Å². The highest BCUT2D eigenvalue weighted by Crippen LogP contribution is 2.08. The van der Waals surface area contributed by atoms with Gasteiger partial charge in [-0.25, -0.2) is 0 Å². The lowest BCUT2D eigenvalue weighted by molar-refractivity contribution is -0.144. The number of rotatable bonds is 3. The molecule has 2 heteroatoms. The Balaban J connectivity index is 2.48. The lowest BCUT2D eigenvalue weighted by Crippen LogP contribution is -2.14. The van der Waals surface area contributed by atoms with Crippen molar-refractivity contribution in [2.24, 2.45) is 5.92 Å². The molecule has 0 fully saturated rings. The fourth-order valence-electron chi connectivity index (χ4n) is 1.01. The van der Waals surface area contributed by atoms with Crippen LogP contribution < -0.4 is 0 Å². The first-order valence-corrected chi connectivity index (χ1v) is 4.53. The quantitative estimate of drug-likeness (QED) is 0.504. The molecular weight excluding hydrogens is 176 g/mol. The molecule has 0 spiro atoms. The average molecular weight is 190 g/mol. The van der Waals surface area contributed by atoms with Crippen LogP contribution in [0.25, 0.3) is 0 Å². The Labute approximate surface area is 84.3 Å². The first kappa shape index (κ1) is 10.5. The molecule has 0 aromatic heterocycles. The summed E-state index contributed by atoms with van der Waals surface area (Å²) in [5.74, 6) is -0.506. The molecule has 1 aliphatic rings. The van der Waals surface area contributed by atoms with Crippen LogP contribution in [0, 0.1) is 5.92 Å². The van der Waals surface area contributed by atoms with Gasteiger partial charge in [-0.2, -0.15) is 0 Å². The Morgan fingerprint density at radius 3 is 2.36 bits per heavy atom. The van der Waals surface area contributed by atoms with Crippen LogP contribution in [0.15, 0.2) is 48.6 Å². The molecule has 0 aromatic carbocycles. The molecule has 0 radical (unpaired) electrons. The summed E-state index contributed by atoms with van der Waals surface area (Å²) in [5, 5.41) is 0. The van der Waals surface area contributed by atoms with E-state index in [1.807, 2.05) is 31.2 Å². The van der Waals surface area contributed by atoms with Crippen LogP contribution in [0.2, 0.25) is 0 Å². The maximum Gasteiger partial charge on any atom is 0.317 e. The number of esters is 1. The van der Waals surface area contributed by atoms with E-state index in [4.69, 9.17) is 4.74 Å². The highest BCUT2D eigenvalue weighted by molar-refractivity contribution is 5.77. The predicted molar refractivity (Wildman–Crippen MR) is 56.7 cm³/mol. The van der Waals surface area contributed by atoms with Crippen molar-refractivity contribution in [3.8, 4) is 0 Å². The monoisotopic (exact) mass is 190 g/mol. The molecule has 1 aliphatic carbocycles. The maximum atomic E-state index is 11.5. The van der Waals surface area contributed by atoms with Gasteiger partial charge in [-0.15, -0.1) is 0 Å². The maximum absolute atomic E-state index is 11.5. The highest BCUT2D eigenvalue weighted by Gasteiger charge is 2.13. The Hall–Kier alpha value is -1.57. The molecule has 0 N–H and O–H groups in total. The summed E-state index contributed by atoms with van der Waals surface area (Å²) < 4.78 is 5.03. The zero-order chi connectivity index (χ0) is 10.4. The summed E-state index contributed by atoms with van der Waals surface area (Å²) in [5.41, 5.74) is 0.845. The van der Waals surface area contributed by atoms with Gasteiger partial charge in [0.1, 0.15) is 6.61 Å². The smallest absolute Gasteiger partial charge is 0.317 e. The molecule has 0 aliphatic heterocycles. The normalized spacial score (nSPS) is 15.2. The summed E-state index contributed by atoms with van der Waals surface area (Å²) in [6, 6.07) is 0. The van der Waals surface area contributed by atoms with Crippen molar-refractivity contribution in [2.75, 3.05) is 6.61 Å². The summed E-state index contributed by atoms with van der Waals surface area (Å²) in [7, 11) is 0. The van der Waals surface area contributed by atoms with Crippen molar-refractivity contribution in [3.05, 3.63) is 48.6 Å². The van der Waals surface area contributed by atoms with E-state index in [1.165, 1.54) is 0 Å². The minimum absolute atomic E-state index is 0.232. The third-order valence-electron chi connectivity index (χ3n) is 1.70. The van der Waals surface area contributed by atoms with Crippen LogP contribution >= 0.6 is 0 Å². The van der Waals surface area contributed by atoms with Crippen molar-refractivity contribution in [1.82, 2.24) is 0 Å². The van der Waals surface area contributed by atoms with Crippen LogP contribution in [0.3, 0.4) is 0 Å². The second-order valence-corrected chi connectivity index (χ2v) is 3.25. The van der Waals surface area contributed by atoms with E-state index in [9.17, 15) is 4.79 Å². The second-order valence-electron chi connectivity index (χ2n) is 3.25. The van der Waals surface area contributed by atoms with Gasteiger partial charge in [0.25, 0.3) is 0 Å². The molecule has 0 heterocycles. The van der Waals surface area contributed by atoms with E-state index in [2.05, 4.69) is 6.58 Å². The minimum atomic E-state index is -0.274. The fraction of sp³-hybridized carbons (Fsp3) is 0.250. The lowest BCUT2D eigenvalue weighted by Gasteiger charge is -2.07. The van der Waals surface area contributed by atoms with Gasteiger partial charge in [0.2, 0.25) is 0 Å². The summed E-state index contributed by atoms with van der Waals surface area (Å²) in [6.45, 7) is 5.79. The molecule has 0 saturated carbocycles. The number of carbonyl (C=O) groups is 1. The van der Waals surface area contributed by atoms with Gasteiger partial charge in [0.15, 0.2) is 0 Å². The lowest BCUT2D eigenvalue weighted by atomic mass is 10.1. The van der Waals surface area contributed by atoms with E-state index in [0.29, 0.717) is 6.61 Å². The van der Waals surface area contributed by atoms with Crippen molar-refractivity contribution in [3.63, 3.8) is 0 Å². The standard InChI is InChI=1S/C12H14O2/c1-10(2)9-14-12(13)11-7-5-3-4-6-8-11/h3-8,11H,1,9H2,2H3. The van der Waals surface area contributed by atoms with E-state index < -0.39 is 0 Å². The predicted octanol–water partition coefficient (Wildman–Crippen LogP) is 2.40. The summed E-state index contributed by atoms with van der Waals surface area (Å²) in [6.07, 6.45) is 11.0. The van der Waals surface area contributed by atoms with Crippen LogP contribution in [0.5, 0.6) is 0 Å². The Kier molecular flexibility index (Phi) is 3.92. The van der Waals surface area contributed by atoms with Gasteiger partial charge < -0.3 is 4.74 Å². The van der Waals surface area contributed by atoms with Crippen LogP contribution in [0.4, 0.5) is 0 Å². The molecule has 2 nitrogen and oxygen atoms in total. The number of allylic oxidation sites excluding steroid dienone is 4. The topological polar surface area (TPSA) is 26.3 Å². The average Bonchev–Trinajstić information content (AvgIpc) is 2.42. The first-order valence-electron chi connectivity index (χ1n) is 4.53. The van der Waals surface area contributed by atoms with Crippen LogP contribution in [-0.2, 0) is 9.53 Å². The molecule has 0 atom stereocenters. The molecule has 0 unspecified atom stereocenters. The molecule has 1 rings (SSSR count). The zero-order valence-corrected chi connectivity index (χ0v) is 8.27. The molecule has 74 valence electrons. The van der Waals surface area contributed by atoms with Gasteiger partial charge in [-0.3, -0.25) is 4.79 Å². The largest absolute Gasteiger partial charge is 0.461 e. The Morgan fingerprint density at radius 2 is 1.86 bits per heavy atom. The Bertz CT molecular complexity index is 292. The fourth-order valence-corrected chi connectivity index (χ4v) is 1.01. The van der Waals surface area contributed by atoms with E-state index in [1.54, 1.807) is 12.2 Å². The molecule has 0 saturated heterocycles. The van der Waals surface area contributed by atoms with Gasteiger partial charge in [0, 0.05) is 0 Å². The van der Waals surface area contributed by atoms with Gasteiger partial charge in [-0.1, -0.05) is 43.0 Å². The molecule has 0 aromatic rings. The number of carbonyl (C=O) groups excluding carboxylic acids is 1. The second kappa shape index (κ2) is 5.22. The molecule has 0 amide bonds. The van der Waals surface area contributed by atoms with Gasteiger partial charge in [-0.05, 0) is 12.5 Å². The van der Waals surface area contributed by atoms with Crippen molar-refractivity contribution in [1.29, 1.82) is 0 Å². The summed E-state index contributed by atoms with van der Waals surface area (Å²) >= 11 is 0. The van der Waals surface area contributed by atoms with E-state index in [0.717, 1.165) is 5.57 Å². The van der Waals surface area contributed by atoms with E-state index in [-0.39, 0.29) is 11.9 Å². The highest BCUT2D eigenvalue weighted by atomic mass is 16.5. The summed E-state index contributed by atoms with van der Waals surface area (Å²) in [4.78, 5) is 11.5. The molecule has 14 heavy (non-hydrogen) atoms. The number of ether oxygens (including phenoxy) is 1. The first-order chi connectivity index (χ1) is 6.70. The van der Waals surface area contributed by atoms with Gasteiger partial charge in [0.05, 0.1) is 5.92 Å². The molecular formula is C12H14O2. The zero-order valence-electron chi connectivity index (χ0n) is 8.27. The molecule has 0 bridgehead atoms. The third kappa shape index (κ3) is 3.44. The van der Waals surface area contributed by atoms with Crippen LogP contribution in [-0.4, -0.2) is 12.6 Å². The number of hydrogen-bond donors (Lipinski definition) is 0. The SMILES string of the molecule is C=C(C)COC(=O)C1C=CC=CC=C1. The van der Waals surface area contributed by atoms with Crippen molar-refractivity contribution in [2.45, 2.75) is 6.92 Å². The number of hydrogen-bond acceptors (Lipinski definition) is 2. The minimum Gasteiger partial charge on any atom is -0.461 e.